The Labute approximate surface area is 181 Å². The van der Waals surface area contributed by atoms with Gasteiger partial charge in [0.2, 0.25) is 5.91 Å². The van der Waals surface area contributed by atoms with Gasteiger partial charge in [0.15, 0.2) is 0 Å². The molecular weight excluding hydrogens is 378 g/mol. The lowest BCUT2D eigenvalue weighted by Gasteiger charge is -2.20. The number of carbonyl (C=O) groups excluding carboxylic acids is 2. The molecule has 2 atom stereocenters. The van der Waals surface area contributed by atoms with Crippen LogP contribution in [0.3, 0.4) is 0 Å². The van der Waals surface area contributed by atoms with Crippen LogP contribution in [-0.2, 0) is 20.8 Å². The summed E-state index contributed by atoms with van der Waals surface area (Å²) in [5.41, 5.74) is 0.840. The molecule has 1 aromatic rings. The summed E-state index contributed by atoms with van der Waals surface area (Å²) in [6.45, 7) is 4.27. The Morgan fingerprint density at radius 3 is 2.07 bits per heavy atom. The number of carbonyl (C=O) groups is 3. The quantitative estimate of drug-likeness (QED) is 0.266. The summed E-state index contributed by atoms with van der Waals surface area (Å²) >= 11 is 0. The molecule has 168 valence electrons. The maximum Gasteiger partial charge on any atom is 0.326 e. The van der Waals surface area contributed by atoms with Crippen LogP contribution in [0.5, 0.6) is 0 Å². The van der Waals surface area contributed by atoms with Crippen molar-refractivity contribution in [2.24, 2.45) is 5.92 Å². The predicted molar refractivity (Wildman–Crippen MR) is 120 cm³/mol. The molecule has 0 heterocycles. The average Bonchev–Trinajstić information content (AvgIpc) is 2.73. The first kappa shape index (κ1) is 25.9. The second-order valence-electron chi connectivity index (χ2n) is 8.12. The van der Waals surface area contributed by atoms with Gasteiger partial charge in [-0.3, -0.25) is 9.59 Å². The lowest BCUT2D eigenvalue weighted by Crippen LogP contribution is -2.46. The van der Waals surface area contributed by atoms with E-state index in [2.05, 4.69) is 19.2 Å². The first-order chi connectivity index (χ1) is 14.5. The highest BCUT2D eigenvalue weighted by atomic mass is 16.4. The van der Waals surface area contributed by atoms with Gasteiger partial charge in [-0.05, 0) is 18.4 Å². The Morgan fingerprint density at radius 2 is 1.47 bits per heavy atom. The zero-order chi connectivity index (χ0) is 22.2. The average molecular weight is 418 g/mol. The van der Waals surface area contributed by atoms with E-state index in [1.165, 1.54) is 0 Å². The molecule has 0 radical (unpaired) electrons. The highest BCUT2D eigenvalue weighted by Crippen LogP contribution is 2.17. The van der Waals surface area contributed by atoms with E-state index in [9.17, 15) is 19.5 Å². The smallest absolute Gasteiger partial charge is 0.326 e. The number of benzene rings is 1. The monoisotopic (exact) mass is 417 g/mol. The van der Waals surface area contributed by atoms with Gasteiger partial charge in [0.1, 0.15) is 11.8 Å². The van der Waals surface area contributed by atoms with Crippen molar-refractivity contribution < 1.29 is 19.5 Å². The van der Waals surface area contributed by atoms with Crippen LogP contribution in [0.25, 0.3) is 0 Å². The number of rotatable bonds is 17. The molecular formula is C25H39NO4. The molecule has 0 aliphatic carbocycles. The van der Waals surface area contributed by atoms with Crippen molar-refractivity contribution in [3.63, 3.8) is 0 Å². The number of Topliss-reactive ketones (excluding diaryl/α,β-unsaturated/α-hetero) is 1. The zero-order valence-electron chi connectivity index (χ0n) is 18.7. The molecule has 0 spiro atoms. The summed E-state index contributed by atoms with van der Waals surface area (Å²) in [7, 11) is 0. The second kappa shape index (κ2) is 15.6. The van der Waals surface area contributed by atoms with Crippen LogP contribution in [0.2, 0.25) is 0 Å². The van der Waals surface area contributed by atoms with Gasteiger partial charge in [-0.15, -0.1) is 0 Å². The summed E-state index contributed by atoms with van der Waals surface area (Å²) < 4.78 is 0. The third-order valence-corrected chi connectivity index (χ3v) is 5.48. The van der Waals surface area contributed by atoms with Crippen molar-refractivity contribution in [3.05, 3.63) is 35.9 Å². The topological polar surface area (TPSA) is 83.5 Å². The van der Waals surface area contributed by atoms with Crippen LogP contribution in [0.1, 0.15) is 90.0 Å². The normalized spacial score (nSPS) is 12.9. The molecule has 0 aromatic heterocycles. The summed E-state index contributed by atoms with van der Waals surface area (Å²) in [5.74, 6) is -2.31. The number of amides is 1. The van der Waals surface area contributed by atoms with Crippen molar-refractivity contribution in [3.8, 4) is 0 Å². The molecule has 1 aromatic carbocycles. The van der Waals surface area contributed by atoms with Gasteiger partial charge >= 0.3 is 5.97 Å². The Kier molecular flexibility index (Phi) is 13.5. The summed E-state index contributed by atoms with van der Waals surface area (Å²) in [5, 5.41) is 12.2. The number of carboxylic acids is 1. The lowest BCUT2D eigenvalue weighted by atomic mass is 9.91. The summed E-state index contributed by atoms with van der Waals surface area (Å²) in [4.78, 5) is 37.4. The fourth-order valence-corrected chi connectivity index (χ4v) is 3.61. The van der Waals surface area contributed by atoms with E-state index in [0.717, 1.165) is 63.4 Å². The Morgan fingerprint density at radius 1 is 0.867 bits per heavy atom. The lowest BCUT2D eigenvalue weighted by molar-refractivity contribution is -0.144. The van der Waals surface area contributed by atoms with Crippen LogP contribution >= 0.6 is 0 Å². The number of ketones is 1. The van der Waals surface area contributed by atoms with Crippen molar-refractivity contribution in [1.29, 1.82) is 0 Å². The number of hydrogen-bond donors (Lipinski definition) is 2. The van der Waals surface area contributed by atoms with E-state index >= 15 is 0 Å². The van der Waals surface area contributed by atoms with Crippen molar-refractivity contribution in [2.75, 3.05) is 0 Å². The van der Waals surface area contributed by atoms with Crippen molar-refractivity contribution in [1.82, 2.24) is 5.32 Å². The van der Waals surface area contributed by atoms with Gasteiger partial charge in [-0.25, -0.2) is 4.79 Å². The number of nitrogens with one attached hydrogen (secondary N) is 1. The first-order valence-corrected chi connectivity index (χ1v) is 11.6. The zero-order valence-corrected chi connectivity index (χ0v) is 18.7. The van der Waals surface area contributed by atoms with E-state index in [1.807, 2.05) is 30.3 Å². The molecule has 5 heteroatoms. The predicted octanol–water partition coefficient (Wildman–Crippen LogP) is 5.31. The highest BCUT2D eigenvalue weighted by Gasteiger charge is 2.29. The minimum Gasteiger partial charge on any atom is -0.480 e. The largest absolute Gasteiger partial charge is 0.480 e. The first-order valence-electron chi connectivity index (χ1n) is 11.6. The Hall–Kier alpha value is -2.17. The van der Waals surface area contributed by atoms with Gasteiger partial charge in [-0.1, -0.05) is 95.5 Å². The standard InChI is InChI=1S/C25H39NO4/c1-3-5-7-9-14-18-23(27)21(17-13-8-6-4-2)24(28)26-22(25(29)30)19-20-15-11-10-12-16-20/h10-12,15-16,21-22H,3-9,13-14,17-19H2,1-2H3,(H,26,28)(H,29,30). The molecule has 1 amide bonds. The van der Waals surface area contributed by atoms with E-state index in [1.54, 1.807) is 0 Å². The fourth-order valence-electron chi connectivity index (χ4n) is 3.61. The third-order valence-electron chi connectivity index (χ3n) is 5.48. The maximum atomic E-state index is 12.9. The molecule has 0 fully saturated rings. The van der Waals surface area contributed by atoms with Crippen LogP contribution in [-0.4, -0.2) is 28.8 Å². The molecule has 1 rings (SSSR count). The van der Waals surface area contributed by atoms with Crippen molar-refractivity contribution in [2.45, 2.75) is 96.9 Å². The molecule has 2 N–H and O–H groups in total. The van der Waals surface area contributed by atoms with Crippen LogP contribution in [0.15, 0.2) is 30.3 Å². The molecule has 0 saturated carbocycles. The van der Waals surface area contributed by atoms with Crippen LogP contribution in [0, 0.1) is 5.92 Å². The van der Waals surface area contributed by atoms with E-state index in [0.29, 0.717) is 12.8 Å². The van der Waals surface area contributed by atoms with Gasteiger partial charge in [0.25, 0.3) is 0 Å². The Bertz CT molecular complexity index is 629. The van der Waals surface area contributed by atoms with E-state index < -0.39 is 23.8 Å². The van der Waals surface area contributed by atoms with E-state index in [4.69, 9.17) is 0 Å². The summed E-state index contributed by atoms with van der Waals surface area (Å²) in [6.07, 6.45) is 10.3. The fraction of sp³-hybridized carbons (Fsp3) is 0.640. The second-order valence-corrected chi connectivity index (χ2v) is 8.12. The van der Waals surface area contributed by atoms with Crippen LogP contribution in [0.4, 0.5) is 0 Å². The SMILES string of the molecule is CCCCCCCC(=O)C(CCCCCC)C(=O)NC(Cc1ccccc1)C(=O)O. The highest BCUT2D eigenvalue weighted by molar-refractivity contribution is 6.02. The molecule has 30 heavy (non-hydrogen) atoms. The minimum absolute atomic E-state index is 0.0515. The molecule has 0 bridgehead atoms. The molecule has 0 saturated heterocycles. The minimum atomic E-state index is -1.08. The van der Waals surface area contributed by atoms with Crippen LogP contribution < -0.4 is 5.32 Å². The van der Waals surface area contributed by atoms with Crippen molar-refractivity contribution >= 4 is 17.7 Å². The van der Waals surface area contributed by atoms with Gasteiger partial charge in [0.05, 0.1) is 5.92 Å². The molecule has 0 aliphatic rings. The molecule has 5 nitrogen and oxygen atoms in total. The molecule has 2 unspecified atom stereocenters. The summed E-state index contributed by atoms with van der Waals surface area (Å²) in [6, 6.07) is 8.19. The third kappa shape index (κ3) is 10.6. The van der Waals surface area contributed by atoms with Gasteiger partial charge in [-0.2, -0.15) is 0 Å². The maximum absolute atomic E-state index is 12.9. The van der Waals surface area contributed by atoms with Gasteiger partial charge in [0, 0.05) is 12.8 Å². The number of unbranched alkanes of at least 4 members (excludes halogenated alkanes) is 7. The molecule has 0 aliphatic heterocycles. The number of aliphatic carboxylic acids is 1. The van der Waals surface area contributed by atoms with E-state index in [-0.39, 0.29) is 12.2 Å². The number of hydrogen-bond acceptors (Lipinski definition) is 3. The Balaban J connectivity index is 2.72. The number of carboxylic acid groups (broad SMARTS) is 1. The van der Waals surface area contributed by atoms with Gasteiger partial charge < -0.3 is 10.4 Å².